The summed E-state index contributed by atoms with van der Waals surface area (Å²) in [5.41, 5.74) is 3.22. The van der Waals surface area contributed by atoms with Gasteiger partial charge in [-0.1, -0.05) is 110 Å². The first-order valence-electron chi connectivity index (χ1n) is 14.9. The van der Waals surface area contributed by atoms with E-state index in [1.165, 1.54) is 115 Å². The maximum absolute atomic E-state index is 12.1. The molecule has 37 heavy (non-hydrogen) atoms. The van der Waals surface area contributed by atoms with Gasteiger partial charge in [0.25, 0.3) is 0 Å². The average Bonchev–Trinajstić information content (AvgIpc) is 2.90. The molecule has 0 aromatic carbocycles. The Labute approximate surface area is 234 Å². The van der Waals surface area contributed by atoms with Crippen molar-refractivity contribution in [2.75, 3.05) is 6.61 Å². The Hall–Kier alpha value is -1.75. The van der Waals surface area contributed by atoms with E-state index in [-0.39, 0.29) is 5.97 Å². The summed E-state index contributed by atoms with van der Waals surface area (Å²) in [5.74, 6) is -0.341. The standard InChI is InChI=1S/C32H49BrN2O2/c1-3-5-6-7-8-9-10-11-12-13-14-15-16-17-18-19-20-21-27-22-23-34-29(24-27)30-25-28(26-31(33)35-30)32(36)37-4-2/h22-26H,3-21H2,1-2H3. The summed E-state index contributed by atoms with van der Waals surface area (Å²) in [5, 5.41) is 0. The summed E-state index contributed by atoms with van der Waals surface area (Å²) in [6.45, 7) is 4.44. The molecule has 0 aliphatic heterocycles. The van der Waals surface area contributed by atoms with Gasteiger partial charge in [0.15, 0.2) is 0 Å². The molecule has 206 valence electrons. The molecule has 0 spiro atoms. The number of aromatic nitrogens is 2. The van der Waals surface area contributed by atoms with Gasteiger partial charge in [0.2, 0.25) is 0 Å². The second-order valence-corrected chi connectivity index (χ2v) is 11.1. The number of halogens is 1. The molecule has 2 heterocycles. The van der Waals surface area contributed by atoms with Crippen molar-refractivity contribution in [3.63, 3.8) is 0 Å². The van der Waals surface area contributed by atoms with E-state index in [1.807, 2.05) is 6.20 Å². The van der Waals surface area contributed by atoms with Gasteiger partial charge in [0, 0.05) is 6.20 Å². The maximum atomic E-state index is 12.1. The van der Waals surface area contributed by atoms with Gasteiger partial charge in [-0.25, -0.2) is 9.78 Å². The molecule has 0 aliphatic carbocycles. The highest BCUT2D eigenvalue weighted by atomic mass is 79.9. The van der Waals surface area contributed by atoms with Gasteiger partial charge in [-0.15, -0.1) is 0 Å². The fourth-order valence-corrected chi connectivity index (χ4v) is 5.22. The normalized spacial score (nSPS) is 11.1. The lowest BCUT2D eigenvalue weighted by atomic mass is 10.0. The topological polar surface area (TPSA) is 52.1 Å². The molecule has 0 fully saturated rings. The van der Waals surface area contributed by atoms with Crippen LogP contribution in [0.2, 0.25) is 0 Å². The maximum Gasteiger partial charge on any atom is 0.338 e. The molecule has 0 amide bonds. The Bertz CT molecular complexity index is 887. The van der Waals surface area contributed by atoms with Crippen molar-refractivity contribution in [1.82, 2.24) is 9.97 Å². The molecule has 0 saturated heterocycles. The molecule has 0 saturated carbocycles. The van der Waals surface area contributed by atoms with E-state index in [9.17, 15) is 4.79 Å². The predicted molar refractivity (Wildman–Crippen MR) is 159 cm³/mol. The van der Waals surface area contributed by atoms with E-state index in [1.54, 1.807) is 19.1 Å². The lowest BCUT2D eigenvalue weighted by Crippen LogP contribution is -2.05. The quantitative estimate of drug-likeness (QED) is 0.0847. The number of hydrogen-bond acceptors (Lipinski definition) is 4. The van der Waals surface area contributed by atoms with Crippen molar-refractivity contribution in [1.29, 1.82) is 0 Å². The zero-order valence-corrected chi connectivity index (χ0v) is 25.0. The number of nitrogens with zero attached hydrogens (tertiary/aromatic N) is 2. The fraction of sp³-hybridized carbons (Fsp3) is 0.656. The lowest BCUT2D eigenvalue weighted by molar-refractivity contribution is 0.0526. The summed E-state index contributed by atoms with van der Waals surface area (Å²) >= 11 is 3.41. The molecule has 0 aliphatic rings. The van der Waals surface area contributed by atoms with Crippen LogP contribution in [0, 0.1) is 0 Å². The van der Waals surface area contributed by atoms with Crippen LogP contribution >= 0.6 is 15.9 Å². The molecular weight excluding hydrogens is 524 g/mol. The van der Waals surface area contributed by atoms with Gasteiger partial charge >= 0.3 is 5.97 Å². The highest BCUT2D eigenvalue weighted by molar-refractivity contribution is 9.10. The first-order chi connectivity index (χ1) is 18.1. The Morgan fingerprint density at radius 3 is 1.81 bits per heavy atom. The minimum atomic E-state index is -0.341. The van der Waals surface area contributed by atoms with E-state index < -0.39 is 0 Å². The Morgan fingerprint density at radius 2 is 1.27 bits per heavy atom. The van der Waals surface area contributed by atoms with Gasteiger partial charge in [-0.05, 0) is 65.5 Å². The van der Waals surface area contributed by atoms with E-state index in [4.69, 9.17) is 4.74 Å². The molecular formula is C32H49BrN2O2. The molecule has 0 radical (unpaired) electrons. The smallest absolute Gasteiger partial charge is 0.338 e. The molecule has 0 bridgehead atoms. The van der Waals surface area contributed by atoms with Crippen LogP contribution in [0.5, 0.6) is 0 Å². The predicted octanol–water partition coefficient (Wildman–Crippen LogP) is 10.3. The highest BCUT2D eigenvalue weighted by Gasteiger charge is 2.12. The number of rotatable bonds is 21. The fourth-order valence-electron chi connectivity index (χ4n) is 4.78. The van der Waals surface area contributed by atoms with Crippen LogP contribution in [0.15, 0.2) is 35.1 Å². The van der Waals surface area contributed by atoms with Crippen LogP contribution < -0.4 is 0 Å². The van der Waals surface area contributed by atoms with E-state index in [2.05, 4.69) is 45.0 Å². The van der Waals surface area contributed by atoms with Crippen LogP contribution in [-0.2, 0) is 11.2 Å². The molecule has 2 rings (SSSR count). The molecule has 0 unspecified atom stereocenters. The van der Waals surface area contributed by atoms with Crippen molar-refractivity contribution < 1.29 is 9.53 Å². The number of hydrogen-bond donors (Lipinski definition) is 0. The Balaban J connectivity index is 1.54. The van der Waals surface area contributed by atoms with Gasteiger partial charge in [-0.2, -0.15) is 0 Å². The summed E-state index contributed by atoms with van der Waals surface area (Å²) in [6.07, 6.45) is 26.5. The number of pyridine rings is 2. The largest absolute Gasteiger partial charge is 0.462 e. The number of carbonyl (C=O) groups excluding carboxylic acids is 1. The molecule has 2 aromatic rings. The van der Waals surface area contributed by atoms with Crippen molar-refractivity contribution in [2.45, 2.75) is 129 Å². The minimum Gasteiger partial charge on any atom is -0.462 e. The number of carbonyl (C=O) groups is 1. The number of ether oxygens (including phenoxy) is 1. The molecule has 0 N–H and O–H groups in total. The highest BCUT2D eigenvalue weighted by Crippen LogP contribution is 2.22. The van der Waals surface area contributed by atoms with Gasteiger partial charge in [-0.3, -0.25) is 4.98 Å². The van der Waals surface area contributed by atoms with Crippen LogP contribution in [-0.4, -0.2) is 22.5 Å². The monoisotopic (exact) mass is 572 g/mol. The molecule has 4 nitrogen and oxygen atoms in total. The summed E-state index contributed by atoms with van der Waals surface area (Å²) in [4.78, 5) is 21.1. The van der Waals surface area contributed by atoms with E-state index >= 15 is 0 Å². The minimum absolute atomic E-state index is 0.341. The third kappa shape index (κ3) is 14.1. The third-order valence-electron chi connectivity index (χ3n) is 6.96. The molecule has 5 heteroatoms. The molecule has 0 atom stereocenters. The SMILES string of the molecule is CCCCCCCCCCCCCCCCCCCc1ccnc(-c2cc(C(=O)OCC)cc(Br)n2)c1. The zero-order chi connectivity index (χ0) is 26.6. The van der Waals surface area contributed by atoms with E-state index in [0.29, 0.717) is 22.5 Å². The summed E-state index contributed by atoms with van der Waals surface area (Å²) < 4.78 is 5.74. The summed E-state index contributed by atoms with van der Waals surface area (Å²) in [6, 6.07) is 7.61. The average molecular weight is 574 g/mol. The van der Waals surface area contributed by atoms with Crippen LogP contribution in [0.3, 0.4) is 0 Å². The van der Waals surface area contributed by atoms with Crippen molar-refractivity contribution in [3.8, 4) is 11.4 Å². The number of unbranched alkanes of at least 4 members (excludes halogenated alkanes) is 16. The Morgan fingerprint density at radius 1 is 0.730 bits per heavy atom. The van der Waals surface area contributed by atoms with Crippen LogP contribution in [0.1, 0.15) is 139 Å². The zero-order valence-electron chi connectivity index (χ0n) is 23.4. The van der Waals surface area contributed by atoms with Gasteiger partial charge in [0.05, 0.1) is 23.6 Å². The summed E-state index contributed by atoms with van der Waals surface area (Å²) in [7, 11) is 0. The van der Waals surface area contributed by atoms with Crippen LogP contribution in [0.4, 0.5) is 0 Å². The second-order valence-electron chi connectivity index (χ2n) is 10.2. The Kier molecular flexibility index (Phi) is 17.2. The lowest BCUT2D eigenvalue weighted by Gasteiger charge is -2.08. The van der Waals surface area contributed by atoms with Gasteiger partial charge in [0.1, 0.15) is 4.60 Å². The van der Waals surface area contributed by atoms with Gasteiger partial charge < -0.3 is 4.74 Å². The molecule has 2 aromatic heterocycles. The van der Waals surface area contributed by atoms with E-state index in [0.717, 1.165) is 12.1 Å². The second kappa shape index (κ2) is 20.2. The van der Waals surface area contributed by atoms with Crippen LogP contribution in [0.25, 0.3) is 11.4 Å². The van der Waals surface area contributed by atoms with Crippen molar-refractivity contribution in [2.24, 2.45) is 0 Å². The van der Waals surface area contributed by atoms with Crippen molar-refractivity contribution >= 4 is 21.9 Å². The number of aryl methyl sites for hydroxylation is 1. The first-order valence-corrected chi connectivity index (χ1v) is 15.7. The third-order valence-corrected chi connectivity index (χ3v) is 7.37. The first kappa shape index (κ1) is 31.5. The van der Waals surface area contributed by atoms with Crippen molar-refractivity contribution in [3.05, 3.63) is 46.2 Å². The number of esters is 1.